The first-order valence-electron chi connectivity index (χ1n) is 8.33. The molecule has 11 heteroatoms. The van der Waals surface area contributed by atoms with Gasteiger partial charge in [0, 0.05) is 5.57 Å². The molecule has 2 amide bonds. The fourth-order valence-corrected chi connectivity index (χ4v) is 3.42. The first kappa shape index (κ1) is 21.8. The van der Waals surface area contributed by atoms with Crippen LogP contribution >= 0.6 is 24.4 Å². The number of nitrogens with one attached hydrogen (secondary N) is 3. The Morgan fingerprint density at radius 1 is 1.36 bits per heavy atom. The van der Waals surface area contributed by atoms with Crippen molar-refractivity contribution in [2.45, 2.75) is 33.2 Å². The smallest absolute Gasteiger partial charge is 0.271 e. The second-order valence-electron chi connectivity index (χ2n) is 7.32. The molecule has 150 valence electrons. The van der Waals surface area contributed by atoms with Gasteiger partial charge in [-0.2, -0.15) is 0 Å². The lowest BCUT2D eigenvalue weighted by Gasteiger charge is -2.25. The van der Waals surface area contributed by atoms with E-state index in [1.54, 1.807) is 11.5 Å². The minimum atomic E-state index is -0.778. The van der Waals surface area contributed by atoms with Gasteiger partial charge in [-0.15, -0.1) is 12.6 Å². The average molecular weight is 422 g/mol. The van der Waals surface area contributed by atoms with Crippen LogP contribution in [0.5, 0.6) is 0 Å². The lowest BCUT2D eigenvalue weighted by atomic mass is 9.88. The van der Waals surface area contributed by atoms with Crippen LogP contribution in [-0.2, 0) is 4.79 Å². The number of allylic oxidation sites excluding steroid dienone is 1. The molecule has 0 bridgehead atoms. The van der Waals surface area contributed by atoms with E-state index in [-0.39, 0.29) is 22.7 Å². The number of amides is 2. The second kappa shape index (κ2) is 8.65. The molecule has 7 N–H and O–H groups in total. The number of anilines is 2. The van der Waals surface area contributed by atoms with Crippen LogP contribution in [0.2, 0.25) is 0 Å². The number of aromatic nitrogens is 2. The van der Waals surface area contributed by atoms with Gasteiger partial charge < -0.3 is 22.1 Å². The predicted octanol–water partition coefficient (Wildman–Crippen LogP) is 2.07. The standard InChI is InChI=1S/C17H23N7O2S2/c1-17(2,3)6-9(12(18)25)22-10-7-21-11(13(19)26)15(23-10)24-16(27)8-4-5-28-14(8)20/h4-5,7,9,20,27H,6H2,1-3H3,(H2,18,25)(H2,19,26)(H2,22,23,24)/b16-8-,20-14?/t9-/m1/s1. The fraction of sp³-hybridized carbons (Fsp3) is 0.353. The average Bonchev–Trinajstić information content (AvgIpc) is 2.99. The van der Waals surface area contributed by atoms with Crippen LogP contribution < -0.4 is 22.1 Å². The number of carbonyl (C=O) groups excluding carboxylic acids is 2. The number of primary amides is 2. The van der Waals surface area contributed by atoms with Crippen molar-refractivity contribution in [3.05, 3.63) is 34.0 Å². The summed E-state index contributed by atoms with van der Waals surface area (Å²) in [4.78, 5) is 31.8. The van der Waals surface area contributed by atoms with E-state index in [0.29, 0.717) is 22.1 Å². The summed E-state index contributed by atoms with van der Waals surface area (Å²) in [5, 5.41) is 16.1. The van der Waals surface area contributed by atoms with Crippen molar-refractivity contribution in [3.63, 3.8) is 0 Å². The topological polar surface area (TPSA) is 160 Å². The molecular weight excluding hydrogens is 398 g/mol. The van der Waals surface area contributed by atoms with Crippen LogP contribution in [0.15, 0.2) is 28.3 Å². The fourth-order valence-electron chi connectivity index (χ4n) is 2.41. The summed E-state index contributed by atoms with van der Waals surface area (Å²) in [7, 11) is 0. The molecule has 1 aliphatic heterocycles. The molecule has 0 saturated heterocycles. The number of thioether (sulfide) groups is 1. The van der Waals surface area contributed by atoms with Crippen molar-refractivity contribution < 1.29 is 9.59 Å². The van der Waals surface area contributed by atoms with Gasteiger partial charge >= 0.3 is 0 Å². The molecule has 1 aliphatic rings. The Balaban J connectivity index is 2.34. The lowest BCUT2D eigenvalue weighted by molar-refractivity contribution is -0.119. The Morgan fingerprint density at radius 2 is 2.04 bits per heavy atom. The molecule has 2 rings (SSSR count). The maximum atomic E-state index is 11.8. The molecule has 1 aromatic rings. The number of rotatable bonds is 7. The van der Waals surface area contributed by atoms with Crippen molar-refractivity contribution in [2.24, 2.45) is 16.9 Å². The van der Waals surface area contributed by atoms with Gasteiger partial charge in [0.1, 0.15) is 16.9 Å². The third-order valence-corrected chi connectivity index (χ3v) is 4.73. The minimum Gasteiger partial charge on any atom is -0.368 e. The zero-order valence-corrected chi connectivity index (χ0v) is 17.4. The summed E-state index contributed by atoms with van der Waals surface area (Å²) < 4.78 is 0. The molecule has 0 spiro atoms. The van der Waals surface area contributed by atoms with E-state index in [2.05, 4.69) is 33.2 Å². The van der Waals surface area contributed by atoms with E-state index in [4.69, 9.17) is 16.9 Å². The van der Waals surface area contributed by atoms with Crippen LogP contribution in [0.4, 0.5) is 11.6 Å². The summed E-state index contributed by atoms with van der Waals surface area (Å²) in [6.07, 6.45) is 3.50. The van der Waals surface area contributed by atoms with Crippen LogP contribution in [0.3, 0.4) is 0 Å². The van der Waals surface area contributed by atoms with Gasteiger partial charge in [-0.3, -0.25) is 15.0 Å². The molecule has 9 nitrogen and oxygen atoms in total. The molecular formula is C17H23N7O2S2. The summed E-state index contributed by atoms with van der Waals surface area (Å²) in [6.45, 7) is 5.96. The van der Waals surface area contributed by atoms with E-state index in [1.165, 1.54) is 18.0 Å². The highest BCUT2D eigenvalue weighted by Crippen LogP contribution is 2.28. The lowest BCUT2D eigenvalue weighted by Crippen LogP contribution is -2.38. The van der Waals surface area contributed by atoms with Crippen molar-refractivity contribution >= 4 is 52.9 Å². The van der Waals surface area contributed by atoms with Crippen LogP contribution in [0, 0.1) is 10.8 Å². The maximum Gasteiger partial charge on any atom is 0.271 e. The maximum absolute atomic E-state index is 11.8. The molecule has 1 aromatic heterocycles. The predicted molar refractivity (Wildman–Crippen MR) is 115 cm³/mol. The number of hydrogen-bond acceptors (Lipinski definition) is 9. The Kier molecular flexibility index (Phi) is 6.73. The van der Waals surface area contributed by atoms with E-state index >= 15 is 0 Å². The molecule has 0 unspecified atom stereocenters. The Labute approximate surface area is 172 Å². The SMILES string of the molecule is CC(C)(C)C[C@@H](Nc1cnc(C(N)=O)c(N/C(S)=C2\C=CSC2=N)n1)C(N)=O. The van der Waals surface area contributed by atoms with Gasteiger partial charge in [0.25, 0.3) is 5.91 Å². The van der Waals surface area contributed by atoms with Crippen molar-refractivity contribution in [3.8, 4) is 0 Å². The molecule has 1 atom stereocenters. The molecule has 0 saturated carbocycles. The molecule has 0 aliphatic carbocycles. The number of nitrogens with two attached hydrogens (primary N) is 2. The summed E-state index contributed by atoms with van der Waals surface area (Å²) in [6, 6.07) is -0.669. The second-order valence-corrected chi connectivity index (χ2v) is 8.68. The normalized spacial score (nSPS) is 16.6. The monoisotopic (exact) mass is 421 g/mol. The summed E-state index contributed by atoms with van der Waals surface area (Å²) >= 11 is 5.59. The highest BCUT2D eigenvalue weighted by molar-refractivity contribution is 8.17. The largest absolute Gasteiger partial charge is 0.368 e. The van der Waals surface area contributed by atoms with Gasteiger partial charge in [0.15, 0.2) is 11.5 Å². The van der Waals surface area contributed by atoms with Crippen molar-refractivity contribution in [1.82, 2.24) is 9.97 Å². The highest BCUT2D eigenvalue weighted by Gasteiger charge is 2.24. The number of nitrogens with zero attached hydrogens (tertiary/aromatic N) is 2. The third kappa shape index (κ3) is 5.73. The van der Waals surface area contributed by atoms with Gasteiger partial charge in [-0.05, 0) is 23.3 Å². The molecule has 0 fully saturated rings. The quantitative estimate of drug-likeness (QED) is 0.367. The zero-order valence-electron chi connectivity index (χ0n) is 15.7. The van der Waals surface area contributed by atoms with Gasteiger partial charge in [-0.25, -0.2) is 9.97 Å². The Bertz CT molecular complexity index is 875. The third-order valence-electron chi connectivity index (χ3n) is 3.65. The minimum absolute atomic E-state index is 0.0621. The van der Waals surface area contributed by atoms with Crippen molar-refractivity contribution in [2.75, 3.05) is 10.6 Å². The first-order valence-corrected chi connectivity index (χ1v) is 9.65. The zero-order chi connectivity index (χ0) is 21.1. The summed E-state index contributed by atoms with van der Waals surface area (Å²) in [5.41, 5.74) is 11.2. The van der Waals surface area contributed by atoms with Gasteiger partial charge in [0.2, 0.25) is 5.91 Å². The molecule has 0 radical (unpaired) electrons. The number of carbonyl (C=O) groups is 2. The number of hydrogen-bond donors (Lipinski definition) is 6. The van der Waals surface area contributed by atoms with Gasteiger partial charge in [0.05, 0.1) is 11.2 Å². The van der Waals surface area contributed by atoms with E-state index in [1.807, 2.05) is 20.8 Å². The van der Waals surface area contributed by atoms with E-state index < -0.39 is 17.9 Å². The van der Waals surface area contributed by atoms with E-state index in [0.717, 1.165) is 0 Å². The van der Waals surface area contributed by atoms with Crippen LogP contribution in [0.25, 0.3) is 0 Å². The Morgan fingerprint density at radius 3 is 2.54 bits per heavy atom. The van der Waals surface area contributed by atoms with Crippen molar-refractivity contribution in [1.29, 1.82) is 5.41 Å². The Hall–Kier alpha value is -2.53. The van der Waals surface area contributed by atoms with Gasteiger partial charge in [-0.1, -0.05) is 32.5 Å². The van der Waals surface area contributed by atoms with Crippen LogP contribution in [0.1, 0.15) is 37.7 Å². The molecule has 0 aromatic carbocycles. The van der Waals surface area contributed by atoms with Crippen LogP contribution in [-0.4, -0.2) is 32.9 Å². The van der Waals surface area contributed by atoms with E-state index in [9.17, 15) is 9.59 Å². The first-order chi connectivity index (χ1) is 13.0. The molecule has 2 heterocycles. The number of thiol groups is 1. The summed E-state index contributed by atoms with van der Waals surface area (Å²) in [5.74, 6) is -0.991. The molecule has 28 heavy (non-hydrogen) atoms. The highest BCUT2D eigenvalue weighted by atomic mass is 32.2.